The van der Waals surface area contributed by atoms with Crippen LogP contribution in [-0.2, 0) is 27.5 Å². The lowest BCUT2D eigenvalue weighted by Gasteiger charge is -2.13. The lowest BCUT2D eigenvalue weighted by molar-refractivity contribution is -0.141. The number of carbonyl (C=O) groups excluding carboxylic acids is 1. The largest absolute Gasteiger partial charge is 0.433 e. The molecular weight excluding hydrogens is 502 g/mol. The van der Waals surface area contributed by atoms with Crippen LogP contribution in [0.5, 0.6) is 0 Å². The maximum absolute atomic E-state index is 14.2. The normalized spacial score (nSPS) is 11.9. The molecule has 0 spiro atoms. The molecule has 13 heteroatoms. The highest BCUT2D eigenvalue weighted by Crippen LogP contribution is 2.31. The number of sulfonamides is 1. The van der Waals surface area contributed by atoms with Gasteiger partial charge in [0.1, 0.15) is 23.0 Å². The standard InChI is InChI=1S/C23H21F4N5O3S/c1-36(34,35)32-21-17(24)11-14(12-18(21)28)13-29-20(33)10-8-15-7-9-19(23(25,26)27)31-22(15)30-16-5-3-2-4-6-16/h2-12,32H,13,28H2,1H3,(H,29,33)(H,30,31)/b10-8+. The second kappa shape index (κ2) is 10.6. The number of rotatable bonds is 8. The number of anilines is 4. The van der Waals surface area contributed by atoms with Gasteiger partial charge in [-0.1, -0.05) is 18.2 Å². The maximum Gasteiger partial charge on any atom is 0.433 e. The molecule has 0 radical (unpaired) electrons. The summed E-state index contributed by atoms with van der Waals surface area (Å²) in [7, 11) is -3.75. The van der Waals surface area contributed by atoms with Gasteiger partial charge in [0, 0.05) is 23.9 Å². The van der Waals surface area contributed by atoms with Crippen LogP contribution < -0.4 is 21.1 Å². The highest BCUT2D eigenvalue weighted by Gasteiger charge is 2.33. The Bertz CT molecular complexity index is 1370. The average molecular weight is 524 g/mol. The molecule has 1 amide bonds. The van der Waals surface area contributed by atoms with Crippen molar-refractivity contribution in [1.82, 2.24) is 10.3 Å². The summed E-state index contributed by atoms with van der Waals surface area (Å²) in [6.07, 6.45) is -1.45. The van der Waals surface area contributed by atoms with Crippen molar-refractivity contribution >= 4 is 44.9 Å². The molecule has 2 aromatic carbocycles. The second-order valence-corrected chi connectivity index (χ2v) is 9.34. The number of halogens is 4. The first-order valence-electron chi connectivity index (χ1n) is 10.2. The van der Waals surface area contributed by atoms with Gasteiger partial charge < -0.3 is 16.4 Å². The Morgan fingerprint density at radius 1 is 1.11 bits per heavy atom. The predicted molar refractivity (Wildman–Crippen MR) is 129 cm³/mol. The van der Waals surface area contributed by atoms with Crippen LogP contribution >= 0.6 is 0 Å². The number of nitrogens with two attached hydrogens (primary N) is 1. The van der Waals surface area contributed by atoms with E-state index in [1.807, 2.05) is 4.72 Å². The zero-order chi connectivity index (χ0) is 26.5. The monoisotopic (exact) mass is 523 g/mol. The summed E-state index contributed by atoms with van der Waals surface area (Å²) in [5, 5.41) is 5.29. The number of nitrogens with zero attached hydrogens (tertiary/aromatic N) is 1. The summed E-state index contributed by atoms with van der Waals surface area (Å²) in [5.74, 6) is -1.66. The second-order valence-electron chi connectivity index (χ2n) is 7.59. The van der Waals surface area contributed by atoms with Crippen LogP contribution in [0.15, 0.2) is 60.7 Å². The number of carbonyl (C=O) groups is 1. The Kier molecular flexibility index (Phi) is 7.83. The molecule has 0 saturated carbocycles. The molecular formula is C23H21F4N5O3S. The molecule has 0 saturated heterocycles. The van der Waals surface area contributed by atoms with Crippen LogP contribution in [0.3, 0.4) is 0 Å². The Balaban J connectivity index is 1.74. The minimum Gasteiger partial charge on any atom is -0.397 e. The zero-order valence-electron chi connectivity index (χ0n) is 18.7. The quantitative estimate of drug-likeness (QED) is 0.199. The van der Waals surface area contributed by atoms with Crippen LogP contribution in [0.4, 0.5) is 40.4 Å². The van der Waals surface area contributed by atoms with Gasteiger partial charge in [-0.15, -0.1) is 0 Å². The third-order valence-electron chi connectivity index (χ3n) is 4.60. The lowest BCUT2D eigenvalue weighted by Crippen LogP contribution is -2.21. The van der Waals surface area contributed by atoms with E-state index in [4.69, 9.17) is 5.73 Å². The molecule has 36 heavy (non-hydrogen) atoms. The molecule has 5 N–H and O–H groups in total. The topological polar surface area (TPSA) is 126 Å². The van der Waals surface area contributed by atoms with E-state index in [-0.39, 0.29) is 29.2 Å². The van der Waals surface area contributed by atoms with Crippen molar-refractivity contribution in [3.8, 4) is 0 Å². The number of amides is 1. The number of hydrogen-bond acceptors (Lipinski definition) is 6. The molecule has 1 aromatic heterocycles. The number of nitrogen functional groups attached to an aromatic ring is 1. The van der Waals surface area contributed by atoms with Gasteiger partial charge in [-0.3, -0.25) is 9.52 Å². The summed E-state index contributed by atoms with van der Waals surface area (Å²) in [6.45, 7) is -0.149. The van der Waals surface area contributed by atoms with E-state index < -0.39 is 39.3 Å². The summed E-state index contributed by atoms with van der Waals surface area (Å²) in [4.78, 5) is 15.9. The molecule has 3 aromatic rings. The van der Waals surface area contributed by atoms with Gasteiger partial charge >= 0.3 is 6.18 Å². The van der Waals surface area contributed by atoms with Crippen LogP contribution in [0.1, 0.15) is 16.8 Å². The van der Waals surface area contributed by atoms with Crippen LogP contribution in [-0.4, -0.2) is 25.6 Å². The fourth-order valence-electron chi connectivity index (χ4n) is 3.02. The maximum atomic E-state index is 14.2. The number of benzene rings is 2. The molecule has 0 aliphatic heterocycles. The smallest absolute Gasteiger partial charge is 0.397 e. The zero-order valence-corrected chi connectivity index (χ0v) is 19.5. The van der Waals surface area contributed by atoms with E-state index in [2.05, 4.69) is 15.6 Å². The summed E-state index contributed by atoms with van der Waals surface area (Å²) >= 11 is 0. The molecule has 0 bridgehead atoms. The van der Waals surface area contributed by atoms with Crippen molar-refractivity contribution in [3.63, 3.8) is 0 Å². The fourth-order valence-corrected chi connectivity index (χ4v) is 3.60. The molecule has 0 fully saturated rings. The van der Waals surface area contributed by atoms with Crippen molar-refractivity contribution in [1.29, 1.82) is 0 Å². The first kappa shape index (κ1) is 26.5. The van der Waals surface area contributed by atoms with E-state index in [0.29, 0.717) is 5.69 Å². The van der Waals surface area contributed by atoms with E-state index in [1.165, 1.54) is 18.2 Å². The van der Waals surface area contributed by atoms with Crippen LogP contribution in [0, 0.1) is 5.82 Å². The Morgan fingerprint density at radius 3 is 2.42 bits per heavy atom. The van der Waals surface area contributed by atoms with Gasteiger partial charge in [0.15, 0.2) is 0 Å². The van der Waals surface area contributed by atoms with Crippen LogP contribution in [0.2, 0.25) is 0 Å². The van der Waals surface area contributed by atoms with Gasteiger partial charge in [0.2, 0.25) is 15.9 Å². The number of pyridine rings is 1. The minimum atomic E-state index is -4.66. The summed E-state index contributed by atoms with van der Waals surface area (Å²) < 4.78 is 78.3. The minimum absolute atomic E-state index is 0.108. The van der Waals surface area contributed by atoms with Crippen molar-refractivity contribution in [2.45, 2.75) is 12.7 Å². The molecule has 3 rings (SSSR count). The molecule has 0 atom stereocenters. The van der Waals surface area contributed by atoms with Gasteiger partial charge in [-0.05, 0) is 48.0 Å². The van der Waals surface area contributed by atoms with Crippen molar-refractivity contribution in [3.05, 3.63) is 83.3 Å². The highest BCUT2D eigenvalue weighted by atomic mass is 32.2. The average Bonchev–Trinajstić information content (AvgIpc) is 2.78. The predicted octanol–water partition coefficient (Wildman–Crippen LogP) is 4.27. The van der Waals surface area contributed by atoms with Gasteiger partial charge in [-0.2, -0.15) is 13.2 Å². The van der Waals surface area contributed by atoms with Gasteiger partial charge in [0.25, 0.3) is 0 Å². The molecule has 0 aliphatic rings. The fraction of sp³-hybridized carbons (Fsp3) is 0.130. The van der Waals surface area contributed by atoms with Crippen molar-refractivity contribution in [2.75, 3.05) is 22.0 Å². The van der Waals surface area contributed by atoms with Crippen LogP contribution in [0.25, 0.3) is 6.08 Å². The SMILES string of the molecule is CS(=O)(=O)Nc1c(N)cc(CNC(=O)/C=C/c2ccc(C(F)(F)F)nc2Nc2ccccc2)cc1F. The number of alkyl halides is 3. The Morgan fingerprint density at radius 2 is 1.81 bits per heavy atom. The van der Waals surface area contributed by atoms with E-state index >= 15 is 0 Å². The molecule has 8 nitrogen and oxygen atoms in total. The Labute approximate surface area is 204 Å². The molecule has 1 heterocycles. The molecule has 0 aliphatic carbocycles. The van der Waals surface area contributed by atoms with E-state index in [0.717, 1.165) is 24.5 Å². The number of para-hydroxylation sites is 1. The molecule has 0 unspecified atom stereocenters. The highest BCUT2D eigenvalue weighted by molar-refractivity contribution is 7.92. The third-order valence-corrected chi connectivity index (χ3v) is 5.18. The number of hydrogen-bond donors (Lipinski definition) is 4. The first-order chi connectivity index (χ1) is 16.8. The first-order valence-corrected chi connectivity index (χ1v) is 12.1. The number of nitrogens with one attached hydrogen (secondary N) is 3. The van der Waals surface area contributed by atoms with E-state index in [9.17, 15) is 30.8 Å². The summed E-state index contributed by atoms with van der Waals surface area (Å²) in [6, 6.07) is 12.7. The lowest BCUT2D eigenvalue weighted by atomic mass is 10.1. The Hall–Kier alpha value is -4.13. The van der Waals surface area contributed by atoms with Crippen molar-refractivity contribution in [2.24, 2.45) is 0 Å². The van der Waals surface area contributed by atoms with E-state index in [1.54, 1.807) is 30.3 Å². The third kappa shape index (κ3) is 7.43. The number of aromatic nitrogens is 1. The van der Waals surface area contributed by atoms with Gasteiger partial charge in [0.05, 0.1) is 11.9 Å². The molecule has 190 valence electrons. The summed E-state index contributed by atoms with van der Waals surface area (Å²) in [5.41, 5.74) is 5.00. The van der Waals surface area contributed by atoms with Crippen molar-refractivity contribution < 1.29 is 30.8 Å². The van der Waals surface area contributed by atoms with Gasteiger partial charge in [-0.25, -0.2) is 17.8 Å².